The predicted molar refractivity (Wildman–Crippen MR) is 93.8 cm³/mol. The van der Waals surface area contributed by atoms with Gasteiger partial charge in [-0.15, -0.1) is 0 Å². The van der Waals surface area contributed by atoms with Crippen molar-refractivity contribution in [2.45, 2.75) is 39.8 Å². The number of nitrogens with one attached hydrogen (secondary N) is 1. The summed E-state index contributed by atoms with van der Waals surface area (Å²) in [7, 11) is 0. The van der Waals surface area contributed by atoms with Gasteiger partial charge in [0.15, 0.2) is 12.4 Å². The molecule has 3 rings (SSSR count). The molecule has 0 fully saturated rings. The summed E-state index contributed by atoms with van der Waals surface area (Å²) in [4.78, 5) is 26.0. The van der Waals surface area contributed by atoms with E-state index >= 15 is 0 Å². The molecule has 0 spiro atoms. The number of nitrogens with zero attached hydrogens (tertiary/aromatic N) is 1. The highest BCUT2D eigenvalue weighted by Gasteiger charge is 2.27. The van der Waals surface area contributed by atoms with E-state index in [1.165, 1.54) is 0 Å². The molecule has 1 aliphatic rings. The second-order valence-corrected chi connectivity index (χ2v) is 6.29. The van der Waals surface area contributed by atoms with Gasteiger partial charge in [-0.05, 0) is 50.1 Å². The summed E-state index contributed by atoms with van der Waals surface area (Å²) in [5.41, 5.74) is 1.76. The van der Waals surface area contributed by atoms with Crippen molar-refractivity contribution in [2.24, 2.45) is 0 Å². The van der Waals surface area contributed by atoms with E-state index in [0.29, 0.717) is 11.5 Å². The molecule has 0 bridgehead atoms. The predicted octanol–water partition coefficient (Wildman–Crippen LogP) is 3.04. The first-order chi connectivity index (χ1) is 12.0. The standard InChI is InChI=1S/C19H22N2O4/c1-4-13(3)20-19(23)17-8-6-14(25-17)10-21-15-9-12(2)5-7-16(15)24-11-18(21)22/h5-9,13H,4,10-11H2,1-3H3,(H,20,23)/t13-/m0/s1. The maximum absolute atomic E-state index is 12.3. The first-order valence-electron chi connectivity index (χ1n) is 8.41. The largest absolute Gasteiger partial charge is 0.482 e. The molecule has 2 aromatic rings. The van der Waals surface area contributed by atoms with Crippen LogP contribution in [0.1, 0.15) is 42.1 Å². The molecule has 6 heteroatoms. The Morgan fingerprint density at radius 3 is 2.88 bits per heavy atom. The van der Waals surface area contributed by atoms with Gasteiger partial charge in [-0.2, -0.15) is 0 Å². The number of aryl methyl sites for hydroxylation is 1. The van der Waals surface area contributed by atoms with Gasteiger partial charge in [0.2, 0.25) is 0 Å². The van der Waals surface area contributed by atoms with E-state index in [9.17, 15) is 9.59 Å². The van der Waals surface area contributed by atoms with Crippen LogP contribution < -0.4 is 15.0 Å². The van der Waals surface area contributed by atoms with Crippen LogP contribution in [0, 0.1) is 6.92 Å². The van der Waals surface area contributed by atoms with Crippen molar-refractivity contribution in [2.75, 3.05) is 11.5 Å². The fraction of sp³-hybridized carbons (Fsp3) is 0.368. The van der Waals surface area contributed by atoms with Crippen LogP contribution in [0.2, 0.25) is 0 Å². The highest BCUT2D eigenvalue weighted by molar-refractivity contribution is 5.97. The second kappa shape index (κ2) is 7.01. The van der Waals surface area contributed by atoms with E-state index in [1.54, 1.807) is 17.0 Å². The summed E-state index contributed by atoms with van der Waals surface area (Å²) in [5.74, 6) is 1.09. The van der Waals surface area contributed by atoms with Crippen molar-refractivity contribution in [3.63, 3.8) is 0 Å². The molecule has 1 N–H and O–H groups in total. The number of carbonyl (C=O) groups is 2. The van der Waals surface area contributed by atoms with E-state index < -0.39 is 0 Å². The Morgan fingerprint density at radius 1 is 1.32 bits per heavy atom. The summed E-state index contributed by atoms with van der Waals surface area (Å²) < 4.78 is 11.1. The molecule has 2 amide bonds. The Morgan fingerprint density at radius 2 is 2.12 bits per heavy atom. The highest BCUT2D eigenvalue weighted by atomic mass is 16.5. The van der Waals surface area contributed by atoms with Gasteiger partial charge in [0.05, 0.1) is 12.2 Å². The van der Waals surface area contributed by atoms with Crippen LogP contribution in [0.5, 0.6) is 5.75 Å². The smallest absolute Gasteiger partial charge is 0.287 e. The van der Waals surface area contributed by atoms with Crippen LogP contribution in [-0.4, -0.2) is 24.5 Å². The van der Waals surface area contributed by atoms with Crippen molar-refractivity contribution >= 4 is 17.5 Å². The highest BCUT2D eigenvalue weighted by Crippen LogP contribution is 2.34. The normalized spacial score (nSPS) is 14.7. The van der Waals surface area contributed by atoms with Crippen molar-refractivity contribution < 1.29 is 18.7 Å². The van der Waals surface area contributed by atoms with Gasteiger partial charge in [-0.25, -0.2) is 0 Å². The van der Waals surface area contributed by atoms with Crippen LogP contribution in [0.4, 0.5) is 5.69 Å². The minimum atomic E-state index is -0.245. The topological polar surface area (TPSA) is 71.8 Å². The number of fused-ring (bicyclic) bond motifs is 1. The third-order valence-corrected chi connectivity index (χ3v) is 4.25. The maximum Gasteiger partial charge on any atom is 0.287 e. The number of furan rings is 1. The molecule has 0 radical (unpaired) electrons. The zero-order valence-corrected chi connectivity index (χ0v) is 14.7. The fourth-order valence-corrected chi connectivity index (χ4v) is 2.62. The molecule has 0 unspecified atom stereocenters. The first kappa shape index (κ1) is 17.1. The first-order valence-corrected chi connectivity index (χ1v) is 8.41. The quantitative estimate of drug-likeness (QED) is 0.906. The summed E-state index contributed by atoms with van der Waals surface area (Å²) in [6.45, 7) is 6.16. The molecule has 6 nitrogen and oxygen atoms in total. The van der Waals surface area contributed by atoms with Crippen LogP contribution >= 0.6 is 0 Å². The van der Waals surface area contributed by atoms with Gasteiger partial charge < -0.3 is 14.5 Å². The SMILES string of the molecule is CC[C@H](C)NC(=O)c1ccc(CN2C(=O)COc3ccc(C)cc32)o1. The lowest BCUT2D eigenvalue weighted by atomic mass is 10.1. The van der Waals surface area contributed by atoms with Crippen LogP contribution in [0.25, 0.3) is 0 Å². The summed E-state index contributed by atoms with van der Waals surface area (Å²) in [5, 5.41) is 2.86. The molecule has 1 aliphatic heterocycles. The zero-order valence-electron chi connectivity index (χ0n) is 14.7. The van der Waals surface area contributed by atoms with Gasteiger partial charge >= 0.3 is 0 Å². The lowest BCUT2D eigenvalue weighted by Crippen LogP contribution is -2.38. The second-order valence-electron chi connectivity index (χ2n) is 6.29. The number of hydrogen-bond acceptors (Lipinski definition) is 4. The Hall–Kier alpha value is -2.76. The fourth-order valence-electron chi connectivity index (χ4n) is 2.62. The molecular formula is C19H22N2O4. The number of hydrogen-bond donors (Lipinski definition) is 1. The van der Waals surface area contributed by atoms with Crippen LogP contribution in [-0.2, 0) is 11.3 Å². The Balaban J connectivity index is 1.78. The van der Waals surface area contributed by atoms with Crippen LogP contribution in [0.3, 0.4) is 0 Å². The minimum Gasteiger partial charge on any atom is -0.482 e. The van der Waals surface area contributed by atoms with E-state index in [-0.39, 0.29) is 36.8 Å². The number of anilines is 1. The van der Waals surface area contributed by atoms with E-state index in [2.05, 4.69) is 5.32 Å². The van der Waals surface area contributed by atoms with Crippen molar-refractivity contribution in [1.29, 1.82) is 0 Å². The molecule has 25 heavy (non-hydrogen) atoms. The third-order valence-electron chi connectivity index (χ3n) is 4.25. The van der Waals surface area contributed by atoms with Crippen molar-refractivity contribution in [3.8, 4) is 5.75 Å². The molecule has 1 aromatic heterocycles. The number of rotatable bonds is 5. The van der Waals surface area contributed by atoms with Gasteiger partial charge in [0.1, 0.15) is 11.5 Å². The molecule has 0 aliphatic carbocycles. The van der Waals surface area contributed by atoms with E-state index in [4.69, 9.17) is 9.15 Å². The number of carbonyl (C=O) groups excluding carboxylic acids is 2. The molecule has 1 atom stereocenters. The molecule has 1 aromatic carbocycles. The van der Waals surface area contributed by atoms with Crippen molar-refractivity contribution in [3.05, 3.63) is 47.4 Å². The van der Waals surface area contributed by atoms with E-state index in [0.717, 1.165) is 17.7 Å². The Kier molecular flexibility index (Phi) is 4.79. The molecule has 132 valence electrons. The molecule has 2 heterocycles. The minimum absolute atomic E-state index is 0.00186. The summed E-state index contributed by atoms with van der Waals surface area (Å²) in [6.07, 6.45) is 0.845. The van der Waals surface area contributed by atoms with Gasteiger partial charge in [0.25, 0.3) is 11.8 Å². The van der Waals surface area contributed by atoms with Gasteiger partial charge in [0, 0.05) is 6.04 Å². The monoisotopic (exact) mass is 342 g/mol. The zero-order chi connectivity index (χ0) is 18.0. The van der Waals surface area contributed by atoms with Crippen LogP contribution in [0.15, 0.2) is 34.7 Å². The van der Waals surface area contributed by atoms with Gasteiger partial charge in [-0.1, -0.05) is 13.0 Å². The summed E-state index contributed by atoms with van der Waals surface area (Å²) in [6, 6.07) is 9.15. The average molecular weight is 342 g/mol. The lowest BCUT2D eigenvalue weighted by Gasteiger charge is -2.29. The third kappa shape index (κ3) is 3.68. The Bertz CT molecular complexity index is 796. The lowest BCUT2D eigenvalue weighted by molar-refractivity contribution is -0.121. The number of ether oxygens (including phenoxy) is 1. The van der Waals surface area contributed by atoms with Crippen molar-refractivity contribution in [1.82, 2.24) is 5.32 Å². The summed E-state index contributed by atoms with van der Waals surface area (Å²) >= 11 is 0. The molecular weight excluding hydrogens is 320 g/mol. The number of benzene rings is 1. The maximum atomic E-state index is 12.3. The van der Waals surface area contributed by atoms with E-state index in [1.807, 2.05) is 39.0 Å². The Labute approximate surface area is 146 Å². The molecule has 0 saturated carbocycles. The molecule has 0 saturated heterocycles. The number of amides is 2. The average Bonchev–Trinajstić information content (AvgIpc) is 3.06. The van der Waals surface area contributed by atoms with Gasteiger partial charge in [-0.3, -0.25) is 14.5 Å².